The number of nitrogens with zero attached hydrogens (tertiary/aromatic N) is 2. The van der Waals surface area contributed by atoms with Crippen molar-refractivity contribution in [2.24, 2.45) is 11.8 Å². The normalized spacial score (nSPS) is 25.2. The molecule has 0 radical (unpaired) electrons. The second-order valence-electron chi connectivity index (χ2n) is 8.33. The third kappa shape index (κ3) is 3.79. The average molecular weight is 332 g/mol. The van der Waals surface area contributed by atoms with Crippen LogP contribution in [0.1, 0.15) is 53.4 Å². The molecule has 2 fully saturated rings. The van der Waals surface area contributed by atoms with Gasteiger partial charge in [-0.25, -0.2) is 4.79 Å². The standard InChI is InChI=1S/C20H32N2O2/c1-5-15-13-17(14-18(15)16-7-6-8-16)21-9-11-22(12-10-21)19(23)24-20(2,3)4/h13-16H,5-12H2,1-4H3. The van der Waals surface area contributed by atoms with Gasteiger partial charge < -0.3 is 14.5 Å². The summed E-state index contributed by atoms with van der Waals surface area (Å²) >= 11 is 0. The van der Waals surface area contributed by atoms with E-state index in [1.807, 2.05) is 25.7 Å². The van der Waals surface area contributed by atoms with Crippen molar-refractivity contribution >= 4 is 6.09 Å². The van der Waals surface area contributed by atoms with Gasteiger partial charge in [0.2, 0.25) is 0 Å². The predicted molar refractivity (Wildman–Crippen MR) is 96.7 cm³/mol. The van der Waals surface area contributed by atoms with Crippen molar-refractivity contribution in [3.05, 3.63) is 23.4 Å². The Kier molecular flexibility index (Phi) is 4.93. The van der Waals surface area contributed by atoms with Crippen LogP contribution in [0.15, 0.2) is 23.4 Å². The van der Waals surface area contributed by atoms with E-state index in [2.05, 4.69) is 24.0 Å². The van der Waals surface area contributed by atoms with Gasteiger partial charge in [0.15, 0.2) is 0 Å². The fourth-order valence-electron chi connectivity index (χ4n) is 3.81. The topological polar surface area (TPSA) is 32.8 Å². The van der Waals surface area contributed by atoms with Crippen LogP contribution in [-0.4, -0.2) is 47.7 Å². The molecule has 134 valence electrons. The van der Waals surface area contributed by atoms with E-state index in [0.717, 1.165) is 32.1 Å². The second kappa shape index (κ2) is 6.81. The van der Waals surface area contributed by atoms with E-state index in [1.54, 1.807) is 5.57 Å². The molecule has 1 unspecified atom stereocenters. The second-order valence-corrected chi connectivity index (χ2v) is 8.33. The molecule has 1 heterocycles. The van der Waals surface area contributed by atoms with Crippen LogP contribution in [0.2, 0.25) is 0 Å². The van der Waals surface area contributed by atoms with Crippen LogP contribution in [0.25, 0.3) is 0 Å². The number of hydrogen-bond acceptors (Lipinski definition) is 3. The first kappa shape index (κ1) is 17.4. The molecular weight excluding hydrogens is 300 g/mol. The molecule has 1 aliphatic heterocycles. The monoisotopic (exact) mass is 332 g/mol. The highest BCUT2D eigenvalue weighted by molar-refractivity contribution is 5.68. The Bertz CT molecular complexity index is 532. The average Bonchev–Trinajstić information content (AvgIpc) is 2.87. The van der Waals surface area contributed by atoms with Crippen molar-refractivity contribution in [2.45, 2.75) is 59.0 Å². The zero-order chi connectivity index (χ0) is 17.3. The van der Waals surface area contributed by atoms with Crippen LogP contribution in [0.3, 0.4) is 0 Å². The van der Waals surface area contributed by atoms with Gasteiger partial charge in [-0.05, 0) is 52.0 Å². The number of ether oxygens (including phenoxy) is 1. The van der Waals surface area contributed by atoms with Crippen molar-refractivity contribution in [1.29, 1.82) is 0 Å². The van der Waals surface area contributed by atoms with Gasteiger partial charge in [0.25, 0.3) is 0 Å². The summed E-state index contributed by atoms with van der Waals surface area (Å²) in [5.41, 5.74) is 2.62. The molecule has 24 heavy (non-hydrogen) atoms. The zero-order valence-corrected chi connectivity index (χ0v) is 15.7. The number of hydrogen-bond donors (Lipinski definition) is 0. The van der Waals surface area contributed by atoms with Crippen molar-refractivity contribution in [1.82, 2.24) is 9.80 Å². The molecule has 1 saturated heterocycles. The summed E-state index contributed by atoms with van der Waals surface area (Å²) < 4.78 is 5.48. The van der Waals surface area contributed by atoms with Crippen molar-refractivity contribution in [2.75, 3.05) is 26.2 Å². The Morgan fingerprint density at radius 1 is 1.21 bits per heavy atom. The van der Waals surface area contributed by atoms with Crippen LogP contribution >= 0.6 is 0 Å². The molecule has 0 aromatic carbocycles. The molecule has 1 saturated carbocycles. The molecule has 0 aromatic rings. The van der Waals surface area contributed by atoms with Gasteiger partial charge in [-0.1, -0.05) is 25.0 Å². The Morgan fingerprint density at radius 3 is 2.38 bits per heavy atom. The molecule has 1 amide bonds. The molecule has 0 N–H and O–H groups in total. The largest absolute Gasteiger partial charge is 0.444 e. The Labute approximate surface area is 146 Å². The summed E-state index contributed by atoms with van der Waals surface area (Å²) in [5, 5.41) is 0. The van der Waals surface area contributed by atoms with Crippen LogP contribution in [0.5, 0.6) is 0 Å². The third-order valence-corrected chi connectivity index (χ3v) is 5.43. The van der Waals surface area contributed by atoms with Gasteiger partial charge in [0.1, 0.15) is 5.60 Å². The van der Waals surface area contributed by atoms with Gasteiger partial charge in [0.05, 0.1) is 0 Å². The molecular formula is C20H32N2O2. The molecule has 0 bridgehead atoms. The third-order valence-electron chi connectivity index (χ3n) is 5.43. The van der Waals surface area contributed by atoms with Crippen LogP contribution < -0.4 is 0 Å². The Hall–Kier alpha value is -1.45. The van der Waals surface area contributed by atoms with E-state index in [0.29, 0.717) is 5.92 Å². The first-order valence-electron chi connectivity index (χ1n) is 9.53. The maximum absolute atomic E-state index is 12.2. The fourth-order valence-corrected chi connectivity index (χ4v) is 3.81. The Balaban J connectivity index is 1.57. The lowest BCUT2D eigenvalue weighted by Crippen LogP contribution is -2.49. The number of carbonyl (C=O) groups excluding carboxylic acids is 1. The lowest BCUT2D eigenvalue weighted by atomic mass is 9.75. The minimum atomic E-state index is -0.420. The Morgan fingerprint density at radius 2 is 1.88 bits per heavy atom. The smallest absolute Gasteiger partial charge is 0.410 e. The predicted octanol–water partition coefficient (Wildman–Crippen LogP) is 4.19. The molecule has 2 aliphatic carbocycles. The highest BCUT2D eigenvalue weighted by Crippen LogP contribution is 2.42. The summed E-state index contributed by atoms with van der Waals surface area (Å²) in [4.78, 5) is 16.5. The molecule has 3 rings (SSSR count). The number of carbonyl (C=O) groups is 1. The van der Waals surface area contributed by atoms with Gasteiger partial charge in [0, 0.05) is 37.8 Å². The summed E-state index contributed by atoms with van der Waals surface area (Å²) in [6.07, 6.45) is 10.1. The first-order valence-corrected chi connectivity index (χ1v) is 9.53. The number of rotatable bonds is 3. The minimum absolute atomic E-state index is 0.181. The highest BCUT2D eigenvalue weighted by atomic mass is 16.6. The number of allylic oxidation sites excluding steroid dienone is 3. The molecule has 4 nitrogen and oxygen atoms in total. The lowest BCUT2D eigenvalue weighted by Gasteiger charge is -2.37. The maximum Gasteiger partial charge on any atom is 0.410 e. The first-order chi connectivity index (χ1) is 11.4. The van der Waals surface area contributed by atoms with Crippen molar-refractivity contribution in [3.63, 3.8) is 0 Å². The van der Waals surface area contributed by atoms with Crippen LogP contribution in [0, 0.1) is 11.8 Å². The van der Waals surface area contributed by atoms with E-state index in [9.17, 15) is 4.79 Å². The van der Waals surface area contributed by atoms with E-state index in [-0.39, 0.29) is 6.09 Å². The molecule has 0 spiro atoms. The fraction of sp³-hybridized carbons (Fsp3) is 0.750. The molecule has 1 atom stereocenters. The van der Waals surface area contributed by atoms with Gasteiger partial charge >= 0.3 is 6.09 Å². The highest BCUT2D eigenvalue weighted by Gasteiger charge is 2.32. The number of piperazine rings is 1. The molecule has 0 aromatic heterocycles. The lowest BCUT2D eigenvalue weighted by molar-refractivity contribution is 0.0171. The summed E-state index contributed by atoms with van der Waals surface area (Å²) in [5.74, 6) is 1.46. The van der Waals surface area contributed by atoms with Gasteiger partial charge in [-0.3, -0.25) is 0 Å². The quantitative estimate of drug-likeness (QED) is 0.777. The van der Waals surface area contributed by atoms with Crippen LogP contribution in [0.4, 0.5) is 4.79 Å². The summed E-state index contributed by atoms with van der Waals surface area (Å²) in [7, 11) is 0. The molecule has 3 aliphatic rings. The van der Waals surface area contributed by atoms with Gasteiger partial charge in [-0.15, -0.1) is 0 Å². The maximum atomic E-state index is 12.2. The van der Waals surface area contributed by atoms with E-state index in [4.69, 9.17) is 4.74 Å². The van der Waals surface area contributed by atoms with Crippen LogP contribution in [-0.2, 0) is 4.74 Å². The SMILES string of the molecule is CCC1C=C(N2CCN(C(=O)OC(C)(C)C)CC2)C=C1C1CCC1. The zero-order valence-electron chi connectivity index (χ0n) is 15.7. The minimum Gasteiger partial charge on any atom is -0.444 e. The van der Waals surface area contributed by atoms with Crippen molar-refractivity contribution < 1.29 is 9.53 Å². The van der Waals surface area contributed by atoms with Gasteiger partial charge in [-0.2, -0.15) is 0 Å². The van der Waals surface area contributed by atoms with Crippen molar-refractivity contribution in [3.8, 4) is 0 Å². The summed E-state index contributed by atoms with van der Waals surface area (Å²) in [6.45, 7) is 11.3. The number of amides is 1. The van der Waals surface area contributed by atoms with E-state index >= 15 is 0 Å². The van der Waals surface area contributed by atoms with E-state index < -0.39 is 5.60 Å². The summed E-state index contributed by atoms with van der Waals surface area (Å²) in [6, 6.07) is 0. The van der Waals surface area contributed by atoms with E-state index in [1.165, 1.54) is 31.4 Å². The molecule has 4 heteroatoms.